The molecular weight excluding hydrogens is 442 g/mol. The number of carbonyl (C=O) groups is 1. The van der Waals surface area contributed by atoms with Gasteiger partial charge in [0.2, 0.25) is 5.91 Å². The fraction of sp³-hybridized carbons (Fsp3) is 0.182. The Morgan fingerprint density at radius 3 is 2.36 bits per heavy atom. The number of anilines is 1. The number of nitrogens with one attached hydrogen (secondary N) is 1. The lowest BCUT2D eigenvalue weighted by molar-refractivity contribution is -0.274. The monoisotopic (exact) mass is 459 g/mol. The van der Waals surface area contributed by atoms with Crippen molar-refractivity contribution in [3.05, 3.63) is 84.2 Å². The van der Waals surface area contributed by atoms with E-state index >= 15 is 0 Å². The predicted octanol–water partition coefficient (Wildman–Crippen LogP) is 3.96. The van der Waals surface area contributed by atoms with Gasteiger partial charge >= 0.3 is 6.36 Å². The van der Waals surface area contributed by atoms with Gasteiger partial charge in [-0.1, -0.05) is 12.1 Å². The van der Waals surface area contributed by atoms with Crippen molar-refractivity contribution in [2.24, 2.45) is 5.10 Å². The summed E-state index contributed by atoms with van der Waals surface area (Å²) in [4.78, 5) is 20.6. The molecule has 33 heavy (non-hydrogen) atoms. The molecule has 1 N–H and O–H groups in total. The van der Waals surface area contributed by atoms with Crippen molar-refractivity contribution >= 4 is 17.3 Å². The summed E-state index contributed by atoms with van der Waals surface area (Å²) in [5.74, 6) is -1.41. The Kier molecular flexibility index (Phi) is 6.20. The van der Waals surface area contributed by atoms with Gasteiger partial charge in [-0.2, -0.15) is 5.10 Å². The molecule has 0 radical (unpaired) electrons. The molecule has 1 aliphatic rings. The molecule has 11 heteroatoms. The number of nitrogens with zero attached hydrogens (tertiary/aromatic N) is 4. The molecule has 7 nitrogen and oxygen atoms in total. The lowest BCUT2D eigenvalue weighted by atomic mass is 9.92. The fourth-order valence-electron chi connectivity index (χ4n) is 3.40. The first kappa shape index (κ1) is 22.2. The Labute approximate surface area is 185 Å². The third kappa shape index (κ3) is 5.82. The SMILES string of the molecule is O=C(CN1CC(c2cncnc2)C(c2ccc(F)cc2)=N1)Nc1ccc(OC(F)(F)F)cc1. The van der Waals surface area contributed by atoms with Crippen LogP contribution in [0.1, 0.15) is 17.0 Å². The van der Waals surface area contributed by atoms with E-state index in [2.05, 4.69) is 25.1 Å². The van der Waals surface area contributed by atoms with Crippen LogP contribution in [-0.2, 0) is 4.79 Å². The lowest BCUT2D eigenvalue weighted by Crippen LogP contribution is -2.29. The Hall–Kier alpha value is -4.02. The van der Waals surface area contributed by atoms with Crippen LogP contribution >= 0.6 is 0 Å². The Morgan fingerprint density at radius 1 is 1.06 bits per heavy atom. The van der Waals surface area contributed by atoms with E-state index in [9.17, 15) is 22.4 Å². The van der Waals surface area contributed by atoms with Gasteiger partial charge in [0.15, 0.2) is 0 Å². The van der Waals surface area contributed by atoms with E-state index in [0.29, 0.717) is 23.5 Å². The molecule has 1 aliphatic heterocycles. The highest BCUT2D eigenvalue weighted by Crippen LogP contribution is 2.28. The van der Waals surface area contributed by atoms with E-state index in [4.69, 9.17) is 0 Å². The summed E-state index contributed by atoms with van der Waals surface area (Å²) in [5.41, 5.74) is 2.45. The summed E-state index contributed by atoms with van der Waals surface area (Å²) >= 11 is 0. The van der Waals surface area contributed by atoms with Gasteiger partial charge in [0.1, 0.15) is 24.4 Å². The van der Waals surface area contributed by atoms with Crippen molar-refractivity contribution in [1.82, 2.24) is 15.0 Å². The Balaban J connectivity index is 1.46. The molecule has 0 saturated heterocycles. The first-order valence-corrected chi connectivity index (χ1v) is 9.77. The van der Waals surface area contributed by atoms with Crippen LogP contribution in [0.2, 0.25) is 0 Å². The quantitative estimate of drug-likeness (QED) is 0.565. The minimum atomic E-state index is -4.79. The van der Waals surface area contributed by atoms with Crippen LogP contribution in [0.25, 0.3) is 0 Å². The maximum absolute atomic E-state index is 13.4. The molecule has 4 rings (SSSR count). The standard InChI is InChI=1S/C22H17F4N5O2/c23-16-3-1-14(2-4-16)21-19(15-9-27-13-28-10-15)11-31(30-21)12-20(32)29-17-5-7-18(8-6-17)33-22(24,25)26/h1-10,13,19H,11-12H2,(H,29,32). The maximum atomic E-state index is 13.4. The first-order chi connectivity index (χ1) is 15.8. The van der Waals surface area contributed by atoms with Gasteiger partial charge < -0.3 is 10.1 Å². The third-order valence-corrected chi connectivity index (χ3v) is 4.79. The van der Waals surface area contributed by atoms with E-state index in [1.807, 2.05) is 0 Å². The molecule has 1 atom stereocenters. The largest absolute Gasteiger partial charge is 0.573 e. The van der Waals surface area contributed by atoms with Crippen molar-refractivity contribution in [3.8, 4) is 5.75 Å². The summed E-state index contributed by atoms with van der Waals surface area (Å²) in [6.45, 7) is 0.265. The van der Waals surface area contributed by atoms with Crippen LogP contribution < -0.4 is 10.1 Å². The maximum Gasteiger partial charge on any atom is 0.573 e. The summed E-state index contributed by atoms with van der Waals surface area (Å²) in [7, 11) is 0. The minimum Gasteiger partial charge on any atom is -0.406 e. The van der Waals surface area contributed by atoms with Crippen molar-refractivity contribution in [2.45, 2.75) is 12.3 Å². The first-order valence-electron chi connectivity index (χ1n) is 9.77. The fourth-order valence-corrected chi connectivity index (χ4v) is 3.40. The topological polar surface area (TPSA) is 79.7 Å². The van der Waals surface area contributed by atoms with Crippen LogP contribution in [-0.4, -0.2) is 46.0 Å². The van der Waals surface area contributed by atoms with Crippen molar-refractivity contribution in [2.75, 3.05) is 18.4 Å². The second-order valence-electron chi connectivity index (χ2n) is 7.18. The lowest BCUT2D eigenvalue weighted by Gasteiger charge is -2.16. The zero-order chi connectivity index (χ0) is 23.4. The van der Waals surface area contributed by atoms with Crippen molar-refractivity contribution in [1.29, 1.82) is 0 Å². The van der Waals surface area contributed by atoms with E-state index < -0.39 is 12.3 Å². The molecule has 1 unspecified atom stereocenters. The molecule has 3 aromatic rings. The number of aromatic nitrogens is 2. The van der Waals surface area contributed by atoms with Crippen LogP contribution in [0.4, 0.5) is 23.2 Å². The number of hydrogen-bond donors (Lipinski definition) is 1. The van der Waals surface area contributed by atoms with Crippen LogP contribution in [0, 0.1) is 5.82 Å². The molecular formula is C22H17F4N5O2. The van der Waals surface area contributed by atoms with E-state index in [1.54, 1.807) is 29.5 Å². The molecule has 0 spiro atoms. The summed E-state index contributed by atoms with van der Waals surface area (Å²) in [6.07, 6.45) is -0.0693. The van der Waals surface area contributed by atoms with Crippen LogP contribution in [0.5, 0.6) is 5.75 Å². The number of carbonyl (C=O) groups excluding carboxylic acids is 1. The number of hydrazone groups is 1. The number of rotatable bonds is 6. The average molecular weight is 459 g/mol. The van der Waals surface area contributed by atoms with Crippen molar-refractivity contribution < 1.29 is 27.1 Å². The molecule has 2 heterocycles. The van der Waals surface area contributed by atoms with Gasteiger partial charge in [-0.25, -0.2) is 14.4 Å². The Morgan fingerprint density at radius 2 is 1.73 bits per heavy atom. The van der Waals surface area contributed by atoms with Gasteiger partial charge in [0.25, 0.3) is 0 Å². The number of alkyl halides is 3. The highest BCUT2D eigenvalue weighted by Gasteiger charge is 2.32. The van der Waals surface area contributed by atoms with Crippen molar-refractivity contribution in [3.63, 3.8) is 0 Å². The molecule has 0 bridgehead atoms. The number of halogens is 4. The molecule has 0 fully saturated rings. The van der Waals surface area contributed by atoms with Crippen LogP contribution in [0.15, 0.2) is 72.4 Å². The molecule has 2 aromatic carbocycles. The zero-order valence-corrected chi connectivity index (χ0v) is 17.0. The van der Waals surface area contributed by atoms with E-state index in [-0.39, 0.29) is 24.0 Å². The highest BCUT2D eigenvalue weighted by molar-refractivity contribution is 6.06. The van der Waals surface area contributed by atoms with Gasteiger partial charge in [0.05, 0.1) is 11.6 Å². The number of amides is 1. The molecule has 0 saturated carbocycles. The number of hydrogen-bond acceptors (Lipinski definition) is 6. The summed E-state index contributed by atoms with van der Waals surface area (Å²) in [5, 5.41) is 8.72. The zero-order valence-electron chi connectivity index (χ0n) is 17.0. The second kappa shape index (κ2) is 9.23. The van der Waals surface area contributed by atoms with Gasteiger partial charge in [-0.3, -0.25) is 9.80 Å². The smallest absolute Gasteiger partial charge is 0.406 e. The number of benzene rings is 2. The normalized spacial score (nSPS) is 15.8. The van der Waals surface area contributed by atoms with Crippen LogP contribution in [0.3, 0.4) is 0 Å². The molecule has 1 amide bonds. The molecule has 170 valence electrons. The molecule has 0 aliphatic carbocycles. The van der Waals surface area contributed by atoms with Gasteiger partial charge in [-0.05, 0) is 47.5 Å². The third-order valence-electron chi connectivity index (χ3n) is 4.79. The average Bonchev–Trinajstić information content (AvgIpc) is 3.19. The van der Waals surface area contributed by atoms with E-state index in [1.165, 1.54) is 30.6 Å². The Bertz CT molecular complexity index is 1140. The predicted molar refractivity (Wildman–Crippen MR) is 111 cm³/mol. The molecule has 1 aromatic heterocycles. The highest BCUT2D eigenvalue weighted by atomic mass is 19.4. The minimum absolute atomic E-state index is 0.102. The number of ether oxygens (including phenoxy) is 1. The summed E-state index contributed by atoms with van der Waals surface area (Å²) in [6, 6.07) is 10.7. The van der Waals surface area contributed by atoms with E-state index in [0.717, 1.165) is 17.7 Å². The summed E-state index contributed by atoms with van der Waals surface area (Å²) < 4.78 is 54.0. The second-order valence-corrected chi connectivity index (χ2v) is 7.18. The van der Waals surface area contributed by atoms with Gasteiger partial charge in [0, 0.05) is 24.6 Å². The van der Waals surface area contributed by atoms with Gasteiger partial charge in [-0.15, -0.1) is 13.2 Å².